The van der Waals surface area contributed by atoms with Gasteiger partial charge in [-0.25, -0.2) is 0 Å². The summed E-state index contributed by atoms with van der Waals surface area (Å²) in [7, 11) is 3.56. The Morgan fingerprint density at radius 1 is 0.520 bits per heavy atom. The summed E-state index contributed by atoms with van der Waals surface area (Å²) in [5.41, 5.74) is 0.0799. The molecular weight excluding hydrogens is 316 g/mol. The Hall–Kier alpha value is -0.160. The van der Waals surface area contributed by atoms with Crippen molar-refractivity contribution in [2.24, 2.45) is 5.41 Å². The van der Waals surface area contributed by atoms with Crippen LogP contribution < -0.4 is 0 Å². The maximum Gasteiger partial charge on any atom is 0.0598 e. The fourth-order valence-electron chi connectivity index (χ4n) is 3.06. The first kappa shape index (κ1) is 24.8. The van der Waals surface area contributed by atoms with Crippen LogP contribution in [0.15, 0.2) is 0 Å². The van der Waals surface area contributed by atoms with E-state index in [4.69, 9.17) is 18.9 Å². The first-order valence-corrected chi connectivity index (χ1v) is 9.79. The number of hydrogen-bond donors (Lipinski definition) is 0. The van der Waals surface area contributed by atoms with Gasteiger partial charge in [-0.15, -0.1) is 0 Å². The van der Waals surface area contributed by atoms with Crippen molar-refractivity contribution in [3.05, 3.63) is 0 Å². The third kappa shape index (κ3) is 14.7. The van der Waals surface area contributed by atoms with E-state index in [1.54, 1.807) is 14.2 Å². The van der Waals surface area contributed by atoms with Crippen LogP contribution in [-0.2, 0) is 18.9 Å². The number of methoxy groups -OCH3 is 2. The maximum atomic E-state index is 6.03. The third-order valence-electron chi connectivity index (χ3n) is 4.45. The zero-order chi connectivity index (χ0) is 19.4. The van der Waals surface area contributed by atoms with E-state index >= 15 is 0 Å². The van der Waals surface area contributed by atoms with Gasteiger partial charge in [0, 0.05) is 40.6 Å². The minimum Gasteiger partial charge on any atom is -0.385 e. The summed E-state index contributed by atoms with van der Waals surface area (Å²) >= 11 is 0. The van der Waals surface area contributed by atoms with Crippen LogP contribution in [0.2, 0.25) is 0 Å². The summed E-state index contributed by atoms with van der Waals surface area (Å²) in [5.74, 6) is 0. The van der Waals surface area contributed by atoms with Crippen LogP contribution in [-0.4, -0.2) is 51.8 Å². The van der Waals surface area contributed by atoms with Crippen molar-refractivity contribution in [3.8, 4) is 0 Å². The molecule has 0 aliphatic heterocycles. The van der Waals surface area contributed by atoms with Crippen molar-refractivity contribution >= 4 is 0 Å². The predicted octanol–water partition coefficient (Wildman–Crippen LogP) is 5.24. The number of hydrogen-bond acceptors (Lipinski definition) is 4. The second-order valence-electron chi connectivity index (χ2n) is 9.11. The van der Waals surface area contributed by atoms with Crippen LogP contribution in [0.25, 0.3) is 0 Å². The zero-order valence-electron chi connectivity index (χ0n) is 18.2. The molecule has 1 atom stereocenters. The highest BCUT2D eigenvalue weighted by molar-refractivity contribution is 4.80. The Morgan fingerprint density at radius 2 is 0.960 bits per heavy atom. The van der Waals surface area contributed by atoms with Crippen LogP contribution in [0, 0.1) is 5.41 Å². The Labute approximate surface area is 156 Å². The van der Waals surface area contributed by atoms with E-state index in [1.807, 2.05) is 0 Å². The van der Waals surface area contributed by atoms with E-state index in [1.165, 1.54) is 0 Å². The highest BCUT2D eigenvalue weighted by atomic mass is 16.5. The van der Waals surface area contributed by atoms with Gasteiger partial charge < -0.3 is 18.9 Å². The van der Waals surface area contributed by atoms with Gasteiger partial charge in [0.2, 0.25) is 0 Å². The molecule has 0 amide bonds. The molecule has 0 saturated carbocycles. The average molecular weight is 361 g/mol. The molecule has 0 heterocycles. The van der Waals surface area contributed by atoms with Crippen LogP contribution in [0.3, 0.4) is 0 Å². The van der Waals surface area contributed by atoms with E-state index in [-0.39, 0.29) is 16.6 Å². The average Bonchev–Trinajstić information content (AvgIpc) is 2.47. The van der Waals surface area contributed by atoms with Crippen molar-refractivity contribution in [2.45, 2.75) is 91.3 Å². The second kappa shape index (κ2) is 12.3. The van der Waals surface area contributed by atoms with Crippen molar-refractivity contribution < 1.29 is 18.9 Å². The van der Waals surface area contributed by atoms with Gasteiger partial charge in [0.05, 0.1) is 11.2 Å². The van der Waals surface area contributed by atoms with E-state index in [9.17, 15) is 0 Å². The molecule has 0 bridgehead atoms. The zero-order valence-corrected chi connectivity index (χ0v) is 18.2. The SMILES string of the molecule is COCCCC(CCCOC(C)(C)C)(CCOC)CCOC(C)(C)C. The third-order valence-corrected chi connectivity index (χ3v) is 4.45. The molecule has 0 saturated heterocycles. The Kier molecular flexibility index (Phi) is 12.2. The predicted molar refractivity (Wildman–Crippen MR) is 105 cm³/mol. The quantitative estimate of drug-likeness (QED) is 0.397. The van der Waals surface area contributed by atoms with Crippen molar-refractivity contribution in [1.82, 2.24) is 0 Å². The minimum absolute atomic E-state index is 0.0689. The van der Waals surface area contributed by atoms with E-state index < -0.39 is 0 Å². The highest BCUT2D eigenvalue weighted by Gasteiger charge is 2.30. The first-order chi connectivity index (χ1) is 11.5. The smallest absolute Gasteiger partial charge is 0.0598 e. The summed E-state index contributed by atoms with van der Waals surface area (Å²) in [5, 5.41) is 0. The van der Waals surface area contributed by atoms with Crippen LogP contribution in [0.5, 0.6) is 0 Å². The molecule has 0 aliphatic rings. The highest BCUT2D eigenvalue weighted by Crippen LogP contribution is 2.38. The summed E-state index contributed by atoms with van der Waals surface area (Å²) < 4.78 is 22.6. The normalized spacial score (nSPS) is 15.4. The van der Waals surface area contributed by atoms with E-state index in [2.05, 4.69) is 41.5 Å². The van der Waals surface area contributed by atoms with E-state index in [0.29, 0.717) is 0 Å². The first-order valence-electron chi connectivity index (χ1n) is 9.79. The van der Waals surface area contributed by atoms with Gasteiger partial charge in [0.15, 0.2) is 0 Å². The molecule has 4 heteroatoms. The molecule has 4 nitrogen and oxygen atoms in total. The van der Waals surface area contributed by atoms with Crippen molar-refractivity contribution in [3.63, 3.8) is 0 Å². The number of ether oxygens (including phenoxy) is 4. The lowest BCUT2D eigenvalue weighted by Gasteiger charge is -2.35. The lowest BCUT2D eigenvalue weighted by molar-refractivity contribution is -0.0339. The molecule has 0 aromatic heterocycles. The largest absolute Gasteiger partial charge is 0.385 e. The van der Waals surface area contributed by atoms with Gasteiger partial charge >= 0.3 is 0 Å². The van der Waals surface area contributed by atoms with Crippen LogP contribution in [0.4, 0.5) is 0 Å². The Bertz CT molecular complexity index is 317. The lowest BCUT2D eigenvalue weighted by Crippen LogP contribution is -2.29. The van der Waals surface area contributed by atoms with Crippen LogP contribution in [0.1, 0.15) is 80.1 Å². The van der Waals surface area contributed by atoms with Gasteiger partial charge in [-0.05, 0) is 85.5 Å². The Morgan fingerprint density at radius 3 is 1.44 bits per heavy atom. The summed E-state index contributed by atoms with van der Waals surface area (Å²) in [6, 6.07) is 0. The fourth-order valence-corrected chi connectivity index (χ4v) is 3.06. The molecule has 0 N–H and O–H groups in total. The molecule has 0 fully saturated rings. The Balaban J connectivity index is 4.77. The van der Waals surface area contributed by atoms with Crippen LogP contribution >= 0.6 is 0 Å². The van der Waals surface area contributed by atoms with Crippen molar-refractivity contribution in [1.29, 1.82) is 0 Å². The molecule has 25 heavy (non-hydrogen) atoms. The molecule has 0 aromatic carbocycles. The second-order valence-corrected chi connectivity index (χ2v) is 9.11. The van der Waals surface area contributed by atoms with Gasteiger partial charge in [0.1, 0.15) is 0 Å². The molecule has 0 radical (unpaired) electrons. The number of rotatable bonds is 14. The monoisotopic (exact) mass is 360 g/mol. The summed E-state index contributed by atoms with van der Waals surface area (Å²) in [6.45, 7) is 15.9. The van der Waals surface area contributed by atoms with Gasteiger partial charge in [-0.2, -0.15) is 0 Å². The molecule has 152 valence electrons. The molecule has 0 aliphatic carbocycles. The standard InChI is InChI=1S/C21H44O4/c1-19(2,3)24-16-10-12-21(13-17-23-8,11-9-15-22-7)14-18-25-20(4,5)6/h9-18H2,1-8H3. The molecule has 0 spiro atoms. The molecule has 0 rings (SSSR count). The fraction of sp³-hybridized carbons (Fsp3) is 1.00. The summed E-state index contributed by atoms with van der Waals surface area (Å²) in [4.78, 5) is 0. The van der Waals surface area contributed by atoms with Crippen molar-refractivity contribution in [2.75, 3.05) is 40.6 Å². The maximum absolute atomic E-state index is 6.03. The van der Waals surface area contributed by atoms with Gasteiger partial charge in [-0.1, -0.05) is 0 Å². The molecular formula is C21H44O4. The lowest BCUT2D eigenvalue weighted by atomic mass is 9.74. The van der Waals surface area contributed by atoms with Gasteiger partial charge in [-0.3, -0.25) is 0 Å². The molecule has 1 unspecified atom stereocenters. The summed E-state index contributed by atoms with van der Waals surface area (Å²) in [6.07, 6.45) is 6.57. The van der Waals surface area contributed by atoms with E-state index in [0.717, 1.165) is 65.0 Å². The minimum atomic E-state index is -0.0884. The molecule has 0 aromatic rings. The van der Waals surface area contributed by atoms with Gasteiger partial charge in [0.25, 0.3) is 0 Å². The topological polar surface area (TPSA) is 36.9 Å².